The normalized spacial score (nSPS) is 16.9. The Kier molecular flexibility index (Phi) is 5.21. The van der Waals surface area contributed by atoms with Crippen molar-refractivity contribution in [2.24, 2.45) is 5.92 Å². The molecule has 1 aliphatic heterocycles. The zero-order valence-corrected chi connectivity index (χ0v) is 14.8. The summed E-state index contributed by atoms with van der Waals surface area (Å²) in [6.45, 7) is 0. The molecule has 0 radical (unpaired) electrons. The number of esters is 2. The molecule has 0 saturated heterocycles. The molecular formula is C20H21NO5. The fourth-order valence-corrected chi connectivity index (χ4v) is 3.41. The van der Waals surface area contributed by atoms with Crippen molar-refractivity contribution in [2.45, 2.75) is 25.2 Å². The Balaban J connectivity index is 1.84. The van der Waals surface area contributed by atoms with Gasteiger partial charge in [0.2, 0.25) is 5.91 Å². The molecular weight excluding hydrogens is 334 g/mol. The summed E-state index contributed by atoms with van der Waals surface area (Å²) in [6, 6.07) is 9.81. The van der Waals surface area contributed by atoms with Gasteiger partial charge in [-0.3, -0.25) is 19.0 Å². The quantitative estimate of drug-likeness (QED) is 0.468. The number of rotatable bonds is 5. The fraction of sp³-hybridized carbons (Fsp3) is 0.350. The van der Waals surface area contributed by atoms with Crippen molar-refractivity contribution in [3.8, 4) is 0 Å². The second-order valence-corrected chi connectivity index (χ2v) is 6.27. The molecule has 1 aromatic carbocycles. The first-order chi connectivity index (χ1) is 12.6. The summed E-state index contributed by atoms with van der Waals surface area (Å²) in [4.78, 5) is 35.9. The Hall–Kier alpha value is -2.89. The van der Waals surface area contributed by atoms with Gasteiger partial charge in [-0.25, -0.2) is 0 Å². The van der Waals surface area contributed by atoms with Gasteiger partial charge in [-0.15, -0.1) is 0 Å². The molecule has 0 N–H and O–H groups in total. The molecule has 2 aromatic rings. The summed E-state index contributed by atoms with van der Waals surface area (Å²) in [5, 5.41) is 1.03. The van der Waals surface area contributed by atoms with Gasteiger partial charge in [-0.2, -0.15) is 0 Å². The van der Waals surface area contributed by atoms with Crippen LogP contribution in [0.4, 0.5) is 0 Å². The maximum Gasteiger partial charge on any atom is 0.320 e. The molecule has 0 spiro atoms. The Morgan fingerprint density at radius 2 is 1.92 bits per heavy atom. The first-order valence-corrected chi connectivity index (χ1v) is 8.52. The number of aromatic nitrogens is 1. The fourth-order valence-electron chi connectivity index (χ4n) is 3.41. The standard InChI is InChI=1S/C20H21NO5/c1-25-19(23)15(20(24)26-2)8-5-7-13-10-11-18(22)21-16-9-4-3-6-14(16)12-17(13)21/h3-7,9,12-13,15H,8,10-11H2,1-2H3/b7-5+/t13-/m0/s1. The van der Waals surface area contributed by atoms with Crippen LogP contribution in [0.15, 0.2) is 42.5 Å². The summed E-state index contributed by atoms with van der Waals surface area (Å²) in [5.41, 5.74) is 1.85. The van der Waals surface area contributed by atoms with Crippen LogP contribution in [0.25, 0.3) is 10.9 Å². The van der Waals surface area contributed by atoms with Gasteiger partial charge in [0.05, 0.1) is 19.7 Å². The SMILES string of the molecule is COC(=O)C(C/C=C/[C@H]1CCC(=O)n2c1cc1ccccc12)C(=O)OC. The summed E-state index contributed by atoms with van der Waals surface area (Å²) >= 11 is 0. The Bertz CT molecular complexity index is 863. The number of nitrogens with zero attached hydrogens (tertiary/aromatic N) is 1. The minimum absolute atomic E-state index is 0.0519. The van der Waals surface area contributed by atoms with Crippen LogP contribution >= 0.6 is 0 Å². The number of allylic oxidation sites excluding steroid dienone is 2. The van der Waals surface area contributed by atoms with Gasteiger partial charge in [0.15, 0.2) is 5.92 Å². The van der Waals surface area contributed by atoms with Crippen LogP contribution in [-0.2, 0) is 19.1 Å². The number of para-hydroxylation sites is 1. The zero-order valence-electron chi connectivity index (χ0n) is 14.8. The maximum absolute atomic E-state index is 12.4. The number of carbonyl (C=O) groups is 3. The van der Waals surface area contributed by atoms with E-state index in [4.69, 9.17) is 0 Å². The maximum atomic E-state index is 12.4. The van der Waals surface area contributed by atoms with Crippen molar-refractivity contribution >= 4 is 28.7 Å². The number of hydrogen-bond acceptors (Lipinski definition) is 5. The summed E-state index contributed by atoms with van der Waals surface area (Å²) < 4.78 is 11.1. The second kappa shape index (κ2) is 7.56. The van der Waals surface area contributed by atoms with Gasteiger partial charge in [0.25, 0.3) is 0 Å². The lowest BCUT2D eigenvalue weighted by molar-refractivity contribution is -0.158. The lowest BCUT2D eigenvalue weighted by atomic mass is 9.94. The molecule has 136 valence electrons. The molecule has 0 bridgehead atoms. The van der Waals surface area contributed by atoms with Gasteiger partial charge in [-0.05, 0) is 25.0 Å². The average molecular weight is 355 g/mol. The largest absolute Gasteiger partial charge is 0.468 e. The Morgan fingerprint density at radius 1 is 1.23 bits per heavy atom. The number of ether oxygens (including phenoxy) is 2. The number of benzene rings is 1. The van der Waals surface area contributed by atoms with Crippen LogP contribution in [0.2, 0.25) is 0 Å². The van der Waals surface area contributed by atoms with E-state index in [9.17, 15) is 14.4 Å². The third-order valence-electron chi connectivity index (χ3n) is 4.75. The van der Waals surface area contributed by atoms with Crippen LogP contribution in [0.1, 0.15) is 35.7 Å². The predicted molar refractivity (Wildman–Crippen MR) is 95.8 cm³/mol. The lowest BCUT2D eigenvalue weighted by Gasteiger charge is -2.21. The van der Waals surface area contributed by atoms with Gasteiger partial charge in [0, 0.05) is 23.4 Å². The minimum Gasteiger partial charge on any atom is -0.468 e. The van der Waals surface area contributed by atoms with E-state index in [1.54, 1.807) is 10.6 Å². The van der Waals surface area contributed by atoms with Crippen molar-refractivity contribution in [3.05, 3.63) is 48.2 Å². The highest BCUT2D eigenvalue weighted by Crippen LogP contribution is 2.34. The summed E-state index contributed by atoms with van der Waals surface area (Å²) in [7, 11) is 2.49. The average Bonchev–Trinajstić information content (AvgIpc) is 3.06. The third kappa shape index (κ3) is 3.27. The number of hydrogen-bond donors (Lipinski definition) is 0. The van der Waals surface area contributed by atoms with Crippen molar-refractivity contribution < 1.29 is 23.9 Å². The van der Waals surface area contributed by atoms with E-state index in [-0.39, 0.29) is 18.2 Å². The Morgan fingerprint density at radius 3 is 2.62 bits per heavy atom. The van der Waals surface area contributed by atoms with Crippen LogP contribution in [0.3, 0.4) is 0 Å². The van der Waals surface area contributed by atoms with E-state index in [0.29, 0.717) is 12.8 Å². The molecule has 0 aliphatic carbocycles. The molecule has 1 aliphatic rings. The molecule has 6 heteroatoms. The number of carbonyl (C=O) groups excluding carboxylic acids is 3. The van der Waals surface area contributed by atoms with Crippen LogP contribution in [0, 0.1) is 5.92 Å². The molecule has 0 fully saturated rings. The van der Waals surface area contributed by atoms with E-state index in [2.05, 4.69) is 9.47 Å². The first kappa shape index (κ1) is 17.9. The van der Waals surface area contributed by atoms with E-state index in [1.807, 2.05) is 36.4 Å². The zero-order chi connectivity index (χ0) is 18.7. The van der Waals surface area contributed by atoms with Gasteiger partial charge < -0.3 is 9.47 Å². The van der Waals surface area contributed by atoms with Crippen molar-refractivity contribution in [3.63, 3.8) is 0 Å². The van der Waals surface area contributed by atoms with Gasteiger partial charge >= 0.3 is 11.9 Å². The third-order valence-corrected chi connectivity index (χ3v) is 4.75. The van der Waals surface area contributed by atoms with Crippen LogP contribution in [-0.4, -0.2) is 36.6 Å². The van der Waals surface area contributed by atoms with Crippen molar-refractivity contribution in [1.82, 2.24) is 4.57 Å². The molecule has 0 unspecified atom stereocenters. The molecule has 26 heavy (non-hydrogen) atoms. The first-order valence-electron chi connectivity index (χ1n) is 8.52. The van der Waals surface area contributed by atoms with Gasteiger partial charge in [0.1, 0.15) is 0 Å². The molecule has 0 saturated carbocycles. The minimum atomic E-state index is -0.975. The monoisotopic (exact) mass is 355 g/mol. The van der Waals surface area contributed by atoms with Gasteiger partial charge in [-0.1, -0.05) is 30.4 Å². The molecule has 0 amide bonds. The van der Waals surface area contributed by atoms with Crippen LogP contribution < -0.4 is 0 Å². The smallest absolute Gasteiger partial charge is 0.320 e. The molecule has 3 rings (SSSR count). The Labute approximate surface area is 151 Å². The topological polar surface area (TPSA) is 74.6 Å². The predicted octanol–water partition coefficient (Wildman–Crippen LogP) is 3.07. The molecule has 1 atom stereocenters. The van der Waals surface area contributed by atoms with Crippen molar-refractivity contribution in [1.29, 1.82) is 0 Å². The number of fused-ring (bicyclic) bond motifs is 3. The highest BCUT2D eigenvalue weighted by Gasteiger charge is 2.28. The number of methoxy groups -OCH3 is 2. The lowest BCUT2D eigenvalue weighted by Crippen LogP contribution is -2.26. The highest BCUT2D eigenvalue weighted by molar-refractivity contribution is 5.95. The van der Waals surface area contributed by atoms with Crippen LogP contribution in [0.5, 0.6) is 0 Å². The summed E-state index contributed by atoms with van der Waals surface area (Å²) in [6.07, 6.45) is 5.10. The molecule has 2 heterocycles. The van der Waals surface area contributed by atoms with E-state index >= 15 is 0 Å². The van der Waals surface area contributed by atoms with Crippen molar-refractivity contribution in [2.75, 3.05) is 14.2 Å². The van der Waals surface area contributed by atoms with E-state index in [0.717, 1.165) is 16.6 Å². The highest BCUT2D eigenvalue weighted by atomic mass is 16.5. The second-order valence-electron chi connectivity index (χ2n) is 6.27. The van der Waals surface area contributed by atoms with E-state index < -0.39 is 17.9 Å². The van der Waals surface area contributed by atoms with E-state index in [1.165, 1.54) is 14.2 Å². The summed E-state index contributed by atoms with van der Waals surface area (Å²) in [5.74, 6) is -2.06. The molecule has 6 nitrogen and oxygen atoms in total. The molecule has 1 aromatic heterocycles.